The van der Waals surface area contributed by atoms with Crippen LogP contribution in [0, 0.1) is 0 Å². The zero-order chi connectivity index (χ0) is 21.0. The van der Waals surface area contributed by atoms with Gasteiger partial charge in [-0.1, -0.05) is 54.6 Å². The van der Waals surface area contributed by atoms with E-state index in [0.717, 1.165) is 45.0 Å². The Kier molecular flexibility index (Phi) is 11.9. The Balaban J connectivity index is 0.00000341. The first kappa shape index (κ1) is 25.6. The Hall–Kier alpha value is -1.64. The average molecular weight is 537 g/mol. The lowest BCUT2D eigenvalue weighted by Gasteiger charge is -2.34. The molecule has 0 unspecified atom stereocenters. The number of rotatable bonds is 9. The molecule has 2 aromatic rings. The first-order chi connectivity index (χ1) is 14.8. The van der Waals surface area contributed by atoms with Crippen molar-refractivity contribution in [2.75, 3.05) is 26.2 Å². The summed E-state index contributed by atoms with van der Waals surface area (Å²) < 4.78 is 11.7. The number of ether oxygens (including phenoxy) is 2. The molecule has 31 heavy (non-hydrogen) atoms. The predicted molar refractivity (Wildman–Crippen MR) is 138 cm³/mol. The van der Waals surface area contributed by atoms with E-state index in [0.29, 0.717) is 25.9 Å². The quantitative estimate of drug-likeness (QED) is 0.278. The van der Waals surface area contributed by atoms with Gasteiger partial charge < -0.3 is 19.7 Å². The molecule has 1 fully saturated rings. The van der Waals surface area contributed by atoms with Gasteiger partial charge in [0.2, 0.25) is 0 Å². The molecule has 0 aliphatic carbocycles. The summed E-state index contributed by atoms with van der Waals surface area (Å²) in [5, 5.41) is 3.46. The number of piperidine rings is 1. The Morgan fingerprint density at radius 1 is 0.968 bits per heavy atom. The third-order valence-corrected chi connectivity index (χ3v) is 5.37. The number of halogens is 1. The van der Waals surface area contributed by atoms with Gasteiger partial charge in [0.05, 0.1) is 25.9 Å². The summed E-state index contributed by atoms with van der Waals surface area (Å²) in [6, 6.07) is 18.7. The lowest BCUT2D eigenvalue weighted by molar-refractivity contribution is 0.0263. The van der Waals surface area contributed by atoms with Crippen molar-refractivity contribution in [2.45, 2.75) is 52.6 Å². The number of hydrogen-bond donors (Lipinski definition) is 1. The maximum Gasteiger partial charge on any atom is 0.194 e. The minimum Gasteiger partial charge on any atom is -0.378 e. The lowest BCUT2D eigenvalue weighted by atomic mass is 10.1. The smallest absolute Gasteiger partial charge is 0.194 e. The number of nitrogens with one attached hydrogen (secondary N) is 1. The maximum absolute atomic E-state index is 5.96. The summed E-state index contributed by atoms with van der Waals surface area (Å²) in [5.41, 5.74) is 3.60. The molecule has 1 saturated heterocycles. The first-order valence-electron chi connectivity index (χ1n) is 11.1. The van der Waals surface area contributed by atoms with E-state index < -0.39 is 0 Å². The van der Waals surface area contributed by atoms with Gasteiger partial charge in [0.15, 0.2) is 5.96 Å². The summed E-state index contributed by atoms with van der Waals surface area (Å²) in [6.45, 7) is 9.68. The van der Waals surface area contributed by atoms with E-state index in [9.17, 15) is 0 Å². The van der Waals surface area contributed by atoms with Crippen molar-refractivity contribution in [3.63, 3.8) is 0 Å². The molecule has 1 heterocycles. The molecule has 1 N–H and O–H groups in total. The molecule has 0 amide bonds. The van der Waals surface area contributed by atoms with Crippen LogP contribution in [0.3, 0.4) is 0 Å². The topological polar surface area (TPSA) is 46.1 Å². The largest absolute Gasteiger partial charge is 0.378 e. The molecule has 6 heteroatoms. The van der Waals surface area contributed by atoms with Crippen LogP contribution in [0.4, 0.5) is 0 Å². The van der Waals surface area contributed by atoms with Crippen molar-refractivity contribution < 1.29 is 9.47 Å². The van der Waals surface area contributed by atoms with Gasteiger partial charge in [0, 0.05) is 26.2 Å². The Bertz CT molecular complexity index is 777. The van der Waals surface area contributed by atoms with E-state index >= 15 is 0 Å². The zero-order valence-electron chi connectivity index (χ0n) is 18.8. The highest BCUT2D eigenvalue weighted by Gasteiger charge is 2.21. The second kappa shape index (κ2) is 14.4. The second-order valence-electron chi connectivity index (χ2n) is 7.56. The minimum atomic E-state index is 0. The number of nitrogens with zero attached hydrogens (tertiary/aromatic N) is 2. The van der Waals surface area contributed by atoms with Crippen molar-refractivity contribution in [1.29, 1.82) is 0 Å². The van der Waals surface area contributed by atoms with E-state index in [1.165, 1.54) is 16.7 Å². The Morgan fingerprint density at radius 2 is 1.65 bits per heavy atom. The van der Waals surface area contributed by atoms with Gasteiger partial charge in [-0.3, -0.25) is 0 Å². The van der Waals surface area contributed by atoms with Crippen LogP contribution < -0.4 is 5.32 Å². The van der Waals surface area contributed by atoms with Gasteiger partial charge >= 0.3 is 0 Å². The molecule has 0 aromatic heterocycles. The maximum atomic E-state index is 5.96. The molecule has 0 bridgehead atoms. The van der Waals surface area contributed by atoms with Crippen molar-refractivity contribution in [3.05, 3.63) is 71.3 Å². The van der Waals surface area contributed by atoms with Gasteiger partial charge in [0.1, 0.15) is 0 Å². The molecule has 0 spiro atoms. The lowest BCUT2D eigenvalue weighted by Crippen LogP contribution is -2.47. The minimum absolute atomic E-state index is 0. The molecule has 0 radical (unpaired) electrons. The summed E-state index contributed by atoms with van der Waals surface area (Å²) in [6.07, 6.45) is 2.50. The fourth-order valence-corrected chi connectivity index (χ4v) is 3.76. The number of likely N-dealkylation sites (tertiary alicyclic amines) is 1. The SMILES string of the molecule is CCNC(=NCc1ccccc1COCc1ccccc1)N1CCC(OCC)CC1.I. The molecule has 3 rings (SSSR count). The van der Waals surface area contributed by atoms with Crippen LogP contribution >= 0.6 is 24.0 Å². The summed E-state index contributed by atoms with van der Waals surface area (Å²) in [7, 11) is 0. The molecule has 0 saturated carbocycles. The van der Waals surface area contributed by atoms with Crippen LogP contribution in [-0.4, -0.2) is 43.2 Å². The van der Waals surface area contributed by atoms with Crippen molar-refractivity contribution in [2.24, 2.45) is 4.99 Å². The Labute approximate surface area is 204 Å². The number of hydrogen-bond acceptors (Lipinski definition) is 3. The highest BCUT2D eigenvalue weighted by atomic mass is 127. The predicted octanol–water partition coefficient (Wildman–Crippen LogP) is 4.99. The third-order valence-electron chi connectivity index (χ3n) is 5.37. The van der Waals surface area contributed by atoms with Gasteiger partial charge in [-0.05, 0) is 43.4 Å². The number of benzene rings is 2. The highest BCUT2D eigenvalue weighted by Crippen LogP contribution is 2.16. The summed E-state index contributed by atoms with van der Waals surface area (Å²) >= 11 is 0. The van der Waals surface area contributed by atoms with Crippen LogP contribution in [0.5, 0.6) is 0 Å². The summed E-state index contributed by atoms with van der Waals surface area (Å²) in [5.74, 6) is 0.993. The molecule has 1 aliphatic heterocycles. The van der Waals surface area contributed by atoms with E-state index in [2.05, 4.69) is 60.5 Å². The molecule has 1 aliphatic rings. The van der Waals surface area contributed by atoms with Crippen LogP contribution in [0.2, 0.25) is 0 Å². The summed E-state index contributed by atoms with van der Waals surface area (Å²) in [4.78, 5) is 7.30. The highest BCUT2D eigenvalue weighted by molar-refractivity contribution is 14.0. The molecule has 170 valence electrons. The van der Waals surface area contributed by atoms with Crippen LogP contribution in [-0.2, 0) is 29.2 Å². The monoisotopic (exact) mass is 537 g/mol. The normalized spacial score (nSPS) is 14.9. The van der Waals surface area contributed by atoms with Crippen molar-refractivity contribution in [3.8, 4) is 0 Å². The van der Waals surface area contributed by atoms with Gasteiger partial charge in [0.25, 0.3) is 0 Å². The number of guanidine groups is 1. The average Bonchev–Trinajstić information content (AvgIpc) is 2.79. The van der Waals surface area contributed by atoms with E-state index in [1.807, 2.05) is 18.2 Å². The van der Waals surface area contributed by atoms with E-state index in [1.54, 1.807) is 0 Å². The van der Waals surface area contributed by atoms with Gasteiger partial charge in [-0.2, -0.15) is 0 Å². The van der Waals surface area contributed by atoms with Crippen molar-refractivity contribution >= 4 is 29.9 Å². The first-order valence-corrected chi connectivity index (χ1v) is 11.1. The molecular weight excluding hydrogens is 501 g/mol. The fourth-order valence-electron chi connectivity index (χ4n) is 3.76. The van der Waals surface area contributed by atoms with Crippen LogP contribution in [0.25, 0.3) is 0 Å². The van der Waals surface area contributed by atoms with Gasteiger partial charge in [-0.25, -0.2) is 4.99 Å². The van der Waals surface area contributed by atoms with E-state index in [4.69, 9.17) is 14.5 Å². The standard InChI is InChI=1S/C25H35N3O2.HI/c1-3-26-25(28-16-14-24(15-17-28)30-4-2)27-18-22-12-8-9-13-23(22)20-29-19-21-10-6-5-7-11-21;/h5-13,24H,3-4,14-20H2,1-2H3,(H,26,27);1H. The second-order valence-corrected chi connectivity index (χ2v) is 7.56. The molecule has 2 aromatic carbocycles. The fraction of sp³-hybridized carbons (Fsp3) is 0.480. The third kappa shape index (κ3) is 8.43. The molecular formula is C25H36IN3O2. The number of aliphatic imine (C=N–C) groups is 1. The molecule has 0 atom stereocenters. The van der Waals surface area contributed by atoms with Gasteiger partial charge in [-0.15, -0.1) is 24.0 Å². The Morgan fingerprint density at radius 3 is 2.32 bits per heavy atom. The van der Waals surface area contributed by atoms with E-state index in [-0.39, 0.29) is 24.0 Å². The van der Waals surface area contributed by atoms with Crippen LogP contribution in [0.1, 0.15) is 43.4 Å². The molecule has 5 nitrogen and oxygen atoms in total. The van der Waals surface area contributed by atoms with Crippen molar-refractivity contribution in [1.82, 2.24) is 10.2 Å². The zero-order valence-corrected chi connectivity index (χ0v) is 21.1. The van der Waals surface area contributed by atoms with Crippen LogP contribution in [0.15, 0.2) is 59.6 Å².